The molecule has 1 N–H and O–H groups in total. The number of aromatic nitrogens is 4. The van der Waals surface area contributed by atoms with Crippen molar-refractivity contribution in [3.05, 3.63) is 12.0 Å². The van der Waals surface area contributed by atoms with E-state index in [9.17, 15) is 0 Å². The molecule has 2 rings (SSSR count). The van der Waals surface area contributed by atoms with Gasteiger partial charge < -0.3 is 10.2 Å². The standard InChI is InChI=1S/C14H25N7/c1-15-13-11-9-16-21(5)14(11)18-12(17-13)10-20(4)8-6-7-19(2)3/h9H,6-8,10H2,1-5H3,(H,15,17,18). The second-order valence-electron chi connectivity index (χ2n) is 5.64. The molecule has 0 unspecified atom stereocenters. The van der Waals surface area contributed by atoms with E-state index in [1.807, 2.05) is 14.1 Å². The summed E-state index contributed by atoms with van der Waals surface area (Å²) in [5.74, 6) is 1.66. The fourth-order valence-electron chi connectivity index (χ4n) is 2.31. The third-order valence-electron chi connectivity index (χ3n) is 3.43. The molecule has 0 spiro atoms. The van der Waals surface area contributed by atoms with Crippen molar-refractivity contribution >= 4 is 16.9 Å². The largest absolute Gasteiger partial charge is 0.372 e. The lowest BCUT2D eigenvalue weighted by molar-refractivity contribution is 0.289. The number of nitrogens with zero attached hydrogens (tertiary/aromatic N) is 6. The van der Waals surface area contributed by atoms with Gasteiger partial charge in [0.15, 0.2) is 5.65 Å². The van der Waals surface area contributed by atoms with Crippen LogP contribution in [0.15, 0.2) is 6.20 Å². The topological polar surface area (TPSA) is 62.1 Å². The monoisotopic (exact) mass is 291 g/mol. The highest BCUT2D eigenvalue weighted by molar-refractivity contribution is 5.86. The van der Waals surface area contributed by atoms with Gasteiger partial charge in [0.1, 0.15) is 11.6 Å². The summed E-state index contributed by atoms with van der Waals surface area (Å²) >= 11 is 0. The van der Waals surface area contributed by atoms with Gasteiger partial charge in [-0.2, -0.15) is 5.10 Å². The van der Waals surface area contributed by atoms with Crippen LogP contribution in [0.25, 0.3) is 11.0 Å². The molecule has 7 nitrogen and oxygen atoms in total. The minimum absolute atomic E-state index is 0.739. The maximum atomic E-state index is 4.62. The fourth-order valence-corrected chi connectivity index (χ4v) is 2.31. The van der Waals surface area contributed by atoms with Gasteiger partial charge in [-0.15, -0.1) is 0 Å². The van der Waals surface area contributed by atoms with E-state index in [-0.39, 0.29) is 0 Å². The smallest absolute Gasteiger partial charge is 0.163 e. The third kappa shape index (κ3) is 3.89. The Morgan fingerprint density at radius 3 is 2.62 bits per heavy atom. The van der Waals surface area contributed by atoms with Gasteiger partial charge in [0.25, 0.3) is 0 Å². The van der Waals surface area contributed by atoms with Gasteiger partial charge in [0.05, 0.1) is 18.1 Å². The molecule has 0 bridgehead atoms. The molecule has 0 fully saturated rings. The number of fused-ring (bicyclic) bond motifs is 1. The highest BCUT2D eigenvalue weighted by Gasteiger charge is 2.11. The fraction of sp³-hybridized carbons (Fsp3) is 0.643. The molecule has 7 heteroatoms. The minimum atomic E-state index is 0.739. The van der Waals surface area contributed by atoms with Crippen molar-refractivity contribution in [2.24, 2.45) is 7.05 Å². The van der Waals surface area contributed by atoms with Crippen LogP contribution >= 0.6 is 0 Å². The lowest BCUT2D eigenvalue weighted by Gasteiger charge is -2.17. The van der Waals surface area contributed by atoms with E-state index in [1.54, 1.807) is 10.9 Å². The molecule has 0 radical (unpaired) electrons. The van der Waals surface area contributed by atoms with Gasteiger partial charge in [0, 0.05) is 14.1 Å². The summed E-state index contributed by atoms with van der Waals surface area (Å²) in [5.41, 5.74) is 0.867. The lowest BCUT2D eigenvalue weighted by atomic mass is 10.3. The van der Waals surface area contributed by atoms with Crippen LogP contribution < -0.4 is 5.32 Å². The Morgan fingerprint density at radius 1 is 1.19 bits per heavy atom. The molecule has 0 saturated carbocycles. The van der Waals surface area contributed by atoms with Crippen LogP contribution in [-0.4, -0.2) is 70.8 Å². The summed E-state index contributed by atoms with van der Waals surface area (Å²) in [4.78, 5) is 13.7. The van der Waals surface area contributed by atoms with Gasteiger partial charge in [0.2, 0.25) is 0 Å². The number of hydrogen-bond donors (Lipinski definition) is 1. The Kier molecular flexibility index (Phi) is 5.08. The van der Waals surface area contributed by atoms with Gasteiger partial charge in [-0.3, -0.25) is 9.58 Å². The first kappa shape index (κ1) is 15.7. The Hall–Kier alpha value is -1.73. The van der Waals surface area contributed by atoms with E-state index in [0.29, 0.717) is 0 Å². The zero-order chi connectivity index (χ0) is 15.4. The van der Waals surface area contributed by atoms with Crippen LogP contribution in [0, 0.1) is 0 Å². The Labute approximate surface area is 126 Å². The first-order chi connectivity index (χ1) is 10.0. The SMILES string of the molecule is CNc1nc(CN(C)CCCN(C)C)nc2c1cnn2C. The molecule has 0 aromatic carbocycles. The molecule has 0 saturated heterocycles. The number of aryl methyl sites for hydroxylation is 1. The van der Waals surface area contributed by atoms with E-state index in [0.717, 1.165) is 48.7 Å². The maximum Gasteiger partial charge on any atom is 0.163 e. The molecular weight excluding hydrogens is 266 g/mol. The van der Waals surface area contributed by atoms with Gasteiger partial charge in [-0.1, -0.05) is 0 Å². The van der Waals surface area contributed by atoms with Gasteiger partial charge in [-0.25, -0.2) is 9.97 Å². The van der Waals surface area contributed by atoms with Crippen molar-refractivity contribution in [3.63, 3.8) is 0 Å². The van der Waals surface area contributed by atoms with Gasteiger partial charge in [-0.05, 0) is 40.7 Å². The third-order valence-corrected chi connectivity index (χ3v) is 3.43. The first-order valence-electron chi connectivity index (χ1n) is 7.21. The Morgan fingerprint density at radius 2 is 1.95 bits per heavy atom. The van der Waals surface area contributed by atoms with Crippen molar-refractivity contribution < 1.29 is 0 Å². The minimum Gasteiger partial charge on any atom is -0.372 e. The summed E-state index contributed by atoms with van der Waals surface area (Å²) < 4.78 is 1.79. The average Bonchev–Trinajstić information content (AvgIpc) is 2.79. The second kappa shape index (κ2) is 6.82. The quantitative estimate of drug-likeness (QED) is 0.814. The average molecular weight is 291 g/mol. The van der Waals surface area contributed by atoms with Crippen LogP contribution in [0.3, 0.4) is 0 Å². The number of rotatable bonds is 7. The molecule has 0 atom stereocenters. The number of anilines is 1. The summed E-state index contributed by atoms with van der Waals surface area (Å²) in [5, 5.41) is 8.33. The van der Waals surface area contributed by atoms with Crippen LogP contribution in [-0.2, 0) is 13.6 Å². The van der Waals surface area contributed by atoms with Crippen LogP contribution in [0.5, 0.6) is 0 Å². The summed E-state index contributed by atoms with van der Waals surface area (Å²) in [6, 6.07) is 0. The molecular formula is C14H25N7. The van der Waals surface area contributed by atoms with Crippen molar-refractivity contribution in [1.29, 1.82) is 0 Å². The van der Waals surface area contributed by atoms with Crippen molar-refractivity contribution in [3.8, 4) is 0 Å². The normalized spacial score (nSPS) is 11.8. The highest BCUT2D eigenvalue weighted by atomic mass is 15.3. The van der Waals surface area contributed by atoms with Crippen LogP contribution in [0.1, 0.15) is 12.2 Å². The Balaban J connectivity index is 2.09. The van der Waals surface area contributed by atoms with Crippen LogP contribution in [0.4, 0.5) is 5.82 Å². The van der Waals surface area contributed by atoms with Crippen molar-refractivity contribution in [1.82, 2.24) is 29.5 Å². The molecule has 2 aromatic rings. The summed E-state index contributed by atoms with van der Waals surface area (Å²) in [7, 11) is 10.1. The zero-order valence-electron chi connectivity index (χ0n) is 13.6. The molecule has 2 heterocycles. The number of hydrogen-bond acceptors (Lipinski definition) is 6. The maximum absolute atomic E-state index is 4.62. The molecule has 0 aliphatic rings. The van der Waals surface area contributed by atoms with Crippen molar-refractivity contribution in [2.45, 2.75) is 13.0 Å². The van der Waals surface area contributed by atoms with E-state index in [4.69, 9.17) is 0 Å². The summed E-state index contributed by atoms with van der Waals surface area (Å²) in [6.07, 6.45) is 2.93. The molecule has 2 aromatic heterocycles. The zero-order valence-corrected chi connectivity index (χ0v) is 13.6. The van der Waals surface area contributed by atoms with Gasteiger partial charge >= 0.3 is 0 Å². The highest BCUT2D eigenvalue weighted by Crippen LogP contribution is 2.19. The molecule has 0 amide bonds. The lowest BCUT2D eigenvalue weighted by Crippen LogP contribution is -2.24. The molecule has 21 heavy (non-hydrogen) atoms. The van der Waals surface area contributed by atoms with E-state index < -0.39 is 0 Å². The van der Waals surface area contributed by atoms with E-state index in [1.165, 1.54) is 0 Å². The predicted octanol–water partition coefficient (Wildman–Crippen LogP) is 0.789. The van der Waals surface area contributed by atoms with E-state index in [2.05, 4.69) is 51.3 Å². The summed E-state index contributed by atoms with van der Waals surface area (Å²) in [6.45, 7) is 2.86. The Bertz CT molecular complexity index is 590. The van der Waals surface area contributed by atoms with Crippen molar-refractivity contribution in [2.75, 3.05) is 46.6 Å². The second-order valence-corrected chi connectivity index (χ2v) is 5.64. The van der Waals surface area contributed by atoms with E-state index >= 15 is 0 Å². The molecule has 116 valence electrons. The first-order valence-corrected chi connectivity index (χ1v) is 7.21. The number of nitrogens with one attached hydrogen (secondary N) is 1. The molecule has 0 aliphatic carbocycles. The predicted molar refractivity (Wildman–Crippen MR) is 85.4 cm³/mol. The molecule has 0 aliphatic heterocycles. The van der Waals surface area contributed by atoms with Crippen LogP contribution in [0.2, 0.25) is 0 Å².